The lowest BCUT2D eigenvalue weighted by Gasteiger charge is -2.09. The van der Waals surface area contributed by atoms with E-state index in [1.807, 2.05) is 19.1 Å². The van der Waals surface area contributed by atoms with Crippen LogP contribution in [0.5, 0.6) is 5.75 Å². The molecule has 27 heavy (non-hydrogen) atoms. The van der Waals surface area contributed by atoms with E-state index < -0.39 is 0 Å². The zero-order chi connectivity index (χ0) is 19.4. The highest BCUT2D eigenvalue weighted by Crippen LogP contribution is 2.29. The fourth-order valence-electron chi connectivity index (χ4n) is 2.77. The molecular weight excluding hydrogens is 366 g/mol. The molecule has 2 aromatic heterocycles. The average molecular weight is 387 g/mol. The molecular formula is C19H21N3O4S. The number of hydrogen-bond donors (Lipinski definition) is 1. The highest BCUT2D eigenvalue weighted by molar-refractivity contribution is 7.20. The summed E-state index contributed by atoms with van der Waals surface area (Å²) in [6.45, 7) is 5.13. The van der Waals surface area contributed by atoms with E-state index in [9.17, 15) is 9.59 Å². The zero-order valence-corrected chi connectivity index (χ0v) is 16.3. The van der Waals surface area contributed by atoms with Crippen LogP contribution in [0.3, 0.4) is 0 Å². The van der Waals surface area contributed by atoms with Crippen LogP contribution in [0, 0.1) is 6.92 Å². The standard InChI is InChI=1S/C19H21N3O4S/c1-4-26-10-9-22-11-20-18-15(19(22)24)12(2)16(27-18)17(23)21-13-7-5-6-8-14(13)25-3/h5-8,11H,4,9-10H2,1-3H3,(H,21,23). The number of carbonyl (C=O) groups is 1. The maximum atomic E-state index is 12.8. The van der Waals surface area contributed by atoms with Crippen LogP contribution in [0.1, 0.15) is 22.2 Å². The van der Waals surface area contributed by atoms with Gasteiger partial charge in [-0.3, -0.25) is 14.2 Å². The topological polar surface area (TPSA) is 82.5 Å². The molecule has 3 rings (SSSR count). The number of methoxy groups -OCH3 is 1. The van der Waals surface area contributed by atoms with Gasteiger partial charge in [-0.25, -0.2) is 4.98 Å². The van der Waals surface area contributed by atoms with Crippen molar-refractivity contribution < 1.29 is 14.3 Å². The number of aryl methyl sites for hydroxylation is 1. The molecule has 8 heteroatoms. The van der Waals surface area contributed by atoms with Crippen molar-refractivity contribution in [2.24, 2.45) is 0 Å². The van der Waals surface area contributed by atoms with Crippen LogP contribution in [-0.4, -0.2) is 35.8 Å². The second kappa shape index (κ2) is 8.32. The second-order valence-corrected chi connectivity index (χ2v) is 6.83. The highest BCUT2D eigenvalue weighted by Gasteiger charge is 2.20. The van der Waals surface area contributed by atoms with E-state index in [0.717, 1.165) is 0 Å². The summed E-state index contributed by atoms with van der Waals surface area (Å²) in [6, 6.07) is 7.17. The minimum atomic E-state index is -0.291. The van der Waals surface area contributed by atoms with Gasteiger partial charge in [0.05, 0.1) is 42.5 Å². The number of para-hydroxylation sites is 2. The van der Waals surface area contributed by atoms with Gasteiger partial charge in [0, 0.05) is 6.61 Å². The average Bonchev–Trinajstić information content (AvgIpc) is 3.01. The first-order valence-electron chi connectivity index (χ1n) is 8.57. The summed E-state index contributed by atoms with van der Waals surface area (Å²) < 4.78 is 12.1. The minimum Gasteiger partial charge on any atom is -0.495 e. The van der Waals surface area contributed by atoms with Gasteiger partial charge < -0.3 is 14.8 Å². The maximum absolute atomic E-state index is 12.8. The first kappa shape index (κ1) is 19.1. The van der Waals surface area contributed by atoms with Gasteiger partial charge in [0.15, 0.2) is 0 Å². The number of aromatic nitrogens is 2. The van der Waals surface area contributed by atoms with E-state index in [4.69, 9.17) is 9.47 Å². The molecule has 0 spiro atoms. The quantitative estimate of drug-likeness (QED) is 0.630. The van der Waals surface area contributed by atoms with Crippen LogP contribution in [0.4, 0.5) is 5.69 Å². The fraction of sp³-hybridized carbons (Fsp3) is 0.316. The molecule has 1 N–H and O–H groups in total. The lowest BCUT2D eigenvalue weighted by Crippen LogP contribution is -2.23. The Bertz CT molecular complexity index is 1030. The SMILES string of the molecule is CCOCCn1cnc2sc(C(=O)Nc3ccccc3OC)c(C)c2c1=O. The van der Waals surface area contributed by atoms with Crippen LogP contribution in [0.25, 0.3) is 10.2 Å². The fourth-order valence-corrected chi connectivity index (χ4v) is 3.80. The zero-order valence-electron chi connectivity index (χ0n) is 15.4. The Morgan fingerprint density at radius 3 is 2.85 bits per heavy atom. The molecule has 0 unspecified atom stereocenters. The van der Waals surface area contributed by atoms with E-state index in [1.165, 1.54) is 22.2 Å². The molecule has 0 fully saturated rings. The van der Waals surface area contributed by atoms with Crippen molar-refractivity contribution in [1.29, 1.82) is 0 Å². The van der Waals surface area contributed by atoms with Gasteiger partial charge in [-0.2, -0.15) is 0 Å². The molecule has 1 amide bonds. The number of amides is 1. The van der Waals surface area contributed by atoms with Gasteiger partial charge in [-0.05, 0) is 31.5 Å². The first-order valence-corrected chi connectivity index (χ1v) is 9.39. The van der Waals surface area contributed by atoms with Crippen molar-refractivity contribution in [1.82, 2.24) is 9.55 Å². The summed E-state index contributed by atoms with van der Waals surface area (Å²) in [5.74, 6) is 0.279. The number of carbonyl (C=O) groups excluding carboxylic acids is 1. The van der Waals surface area contributed by atoms with Gasteiger partial charge in [0.1, 0.15) is 10.6 Å². The van der Waals surface area contributed by atoms with Crippen LogP contribution in [-0.2, 0) is 11.3 Å². The van der Waals surface area contributed by atoms with Crippen LogP contribution >= 0.6 is 11.3 Å². The van der Waals surface area contributed by atoms with Crippen molar-refractivity contribution in [2.75, 3.05) is 25.6 Å². The number of hydrogen-bond acceptors (Lipinski definition) is 6. The third-order valence-corrected chi connectivity index (χ3v) is 5.36. The second-order valence-electron chi connectivity index (χ2n) is 5.83. The lowest BCUT2D eigenvalue weighted by atomic mass is 10.2. The van der Waals surface area contributed by atoms with Crippen molar-refractivity contribution in [3.63, 3.8) is 0 Å². The van der Waals surface area contributed by atoms with Gasteiger partial charge >= 0.3 is 0 Å². The Morgan fingerprint density at radius 2 is 2.11 bits per heavy atom. The number of rotatable bonds is 7. The summed E-state index contributed by atoms with van der Waals surface area (Å²) in [6.07, 6.45) is 1.50. The van der Waals surface area contributed by atoms with Gasteiger partial charge in [-0.15, -0.1) is 11.3 Å². The summed E-state index contributed by atoms with van der Waals surface area (Å²) in [7, 11) is 1.55. The van der Waals surface area contributed by atoms with Crippen molar-refractivity contribution >= 4 is 33.1 Å². The van der Waals surface area contributed by atoms with Crippen LogP contribution in [0.2, 0.25) is 0 Å². The molecule has 0 aliphatic carbocycles. The number of fused-ring (bicyclic) bond motifs is 1. The predicted octanol–water partition coefficient (Wildman–Crippen LogP) is 3.06. The Hall–Kier alpha value is -2.71. The summed E-state index contributed by atoms with van der Waals surface area (Å²) in [5, 5.41) is 3.32. The lowest BCUT2D eigenvalue weighted by molar-refractivity contribution is 0.102. The Labute approximate surface area is 160 Å². The molecule has 3 aromatic rings. The van der Waals surface area contributed by atoms with Gasteiger partial charge in [0.2, 0.25) is 0 Å². The van der Waals surface area contributed by atoms with Crippen molar-refractivity contribution in [3.8, 4) is 5.75 Å². The van der Waals surface area contributed by atoms with E-state index in [0.29, 0.717) is 51.9 Å². The number of nitrogens with zero attached hydrogens (tertiary/aromatic N) is 2. The Balaban J connectivity index is 1.93. The van der Waals surface area contributed by atoms with Crippen molar-refractivity contribution in [3.05, 3.63) is 51.4 Å². The van der Waals surface area contributed by atoms with E-state index in [2.05, 4.69) is 10.3 Å². The minimum absolute atomic E-state index is 0.162. The monoisotopic (exact) mass is 387 g/mol. The van der Waals surface area contributed by atoms with Gasteiger partial charge in [-0.1, -0.05) is 12.1 Å². The molecule has 0 atom stereocenters. The third kappa shape index (κ3) is 3.86. The number of benzene rings is 1. The molecule has 0 bridgehead atoms. The van der Waals surface area contributed by atoms with Crippen LogP contribution in [0.15, 0.2) is 35.4 Å². The number of thiophene rings is 1. The summed E-state index contributed by atoms with van der Waals surface area (Å²) in [4.78, 5) is 30.9. The number of ether oxygens (including phenoxy) is 2. The molecule has 7 nitrogen and oxygen atoms in total. The van der Waals surface area contributed by atoms with Crippen LogP contribution < -0.4 is 15.6 Å². The summed E-state index contributed by atoms with van der Waals surface area (Å²) in [5.41, 5.74) is 1.04. The van der Waals surface area contributed by atoms with E-state index >= 15 is 0 Å². The molecule has 0 radical (unpaired) electrons. The Kier molecular flexibility index (Phi) is 5.88. The molecule has 142 valence electrons. The smallest absolute Gasteiger partial charge is 0.266 e. The Morgan fingerprint density at radius 1 is 1.33 bits per heavy atom. The largest absolute Gasteiger partial charge is 0.495 e. The first-order chi connectivity index (χ1) is 13.1. The molecule has 0 aliphatic heterocycles. The molecule has 0 saturated heterocycles. The molecule has 1 aromatic carbocycles. The maximum Gasteiger partial charge on any atom is 0.266 e. The van der Waals surface area contributed by atoms with E-state index in [-0.39, 0.29) is 11.5 Å². The predicted molar refractivity (Wildman–Crippen MR) is 106 cm³/mol. The van der Waals surface area contributed by atoms with Gasteiger partial charge in [0.25, 0.3) is 11.5 Å². The molecule has 2 heterocycles. The molecule has 0 saturated carbocycles. The number of anilines is 1. The third-order valence-electron chi connectivity index (χ3n) is 4.16. The number of nitrogens with one attached hydrogen (secondary N) is 1. The molecule has 0 aliphatic rings. The highest BCUT2D eigenvalue weighted by atomic mass is 32.1. The van der Waals surface area contributed by atoms with Crippen molar-refractivity contribution in [2.45, 2.75) is 20.4 Å². The normalized spacial score (nSPS) is 10.9. The summed E-state index contributed by atoms with van der Waals surface area (Å²) >= 11 is 1.21. The van der Waals surface area contributed by atoms with E-state index in [1.54, 1.807) is 26.2 Å².